The summed E-state index contributed by atoms with van der Waals surface area (Å²) in [6.07, 6.45) is 1.15. The first kappa shape index (κ1) is 20.7. The highest BCUT2D eigenvalue weighted by molar-refractivity contribution is 5.91. The predicted octanol–water partition coefficient (Wildman–Crippen LogP) is 1.33. The van der Waals surface area contributed by atoms with Crippen molar-refractivity contribution in [2.75, 3.05) is 24.6 Å². The molecular formula is C19H22F3N3O5. The van der Waals surface area contributed by atoms with Crippen molar-refractivity contribution in [1.29, 1.82) is 0 Å². The molecule has 30 heavy (non-hydrogen) atoms. The van der Waals surface area contributed by atoms with Gasteiger partial charge in [-0.2, -0.15) is 8.78 Å². The number of rotatable bonds is 6. The highest BCUT2D eigenvalue weighted by atomic mass is 19.3. The number of hydrogen-bond acceptors (Lipinski definition) is 6. The minimum Gasteiger partial charge on any atom is -0.430 e. The lowest BCUT2D eigenvalue weighted by atomic mass is 9.91. The van der Waals surface area contributed by atoms with E-state index >= 15 is 4.39 Å². The zero-order chi connectivity index (χ0) is 21.6. The number of H-pyrrole nitrogens is 1. The Morgan fingerprint density at radius 1 is 1.20 bits per heavy atom. The second kappa shape index (κ2) is 7.95. The monoisotopic (exact) mass is 429 g/mol. The number of hydrogen-bond donors (Lipinski definition) is 3. The molecule has 2 fully saturated rings. The maximum atomic E-state index is 15.1. The summed E-state index contributed by atoms with van der Waals surface area (Å²) in [4.78, 5) is 28.3. The van der Waals surface area contributed by atoms with E-state index in [4.69, 9.17) is 9.84 Å². The first-order valence-electron chi connectivity index (χ1n) is 9.81. The fraction of sp³-hybridized carbons (Fsp3) is 0.579. The number of aliphatic hydroxyl groups excluding tert-OH is 2. The molecule has 0 amide bonds. The van der Waals surface area contributed by atoms with Gasteiger partial charge < -0.3 is 19.8 Å². The van der Waals surface area contributed by atoms with Gasteiger partial charge in [-0.05, 0) is 37.7 Å². The summed E-state index contributed by atoms with van der Waals surface area (Å²) in [6, 6.07) is 0.662. The molecule has 1 saturated heterocycles. The lowest BCUT2D eigenvalue weighted by Crippen LogP contribution is -2.40. The molecule has 1 aliphatic carbocycles. The second-order valence-electron chi connectivity index (χ2n) is 7.75. The van der Waals surface area contributed by atoms with Crippen LogP contribution >= 0.6 is 0 Å². The number of aromatic nitrogens is 2. The first-order valence-corrected chi connectivity index (χ1v) is 9.81. The molecule has 164 valence electrons. The maximum Gasteiger partial charge on any atom is 0.387 e. The molecule has 1 aromatic carbocycles. The van der Waals surface area contributed by atoms with Crippen molar-refractivity contribution in [3.63, 3.8) is 0 Å². The molecule has 0 bridgehead atoms. The Morgan fingerprint density at radius 2 is 1.87 bits per heavy atom. The van der Waals surface area contributed by atoms with Crippen LogP contribution in [0.2, 0.25) is 0 Å². The Bertz CT molecular complexity index is 1060. The van der Waals surface area contributed by atoms with Gasteiger partial charge in [0.15, 0.2) is 11.6 Å². The predicted molar refractivity (Wildman–Crippen MR) is 102 cm³/mol. The van der Waals surface area contributed by atoms with Gasteiger partial charge in [0.25, 0.3) is 5.56 Å². The van der Waals surface area contributed by atoms with Gasteiger partial charge in [0.1, 0.15) is 11.2 Å². The van der Waals surface area contributed by atoms with Crippen LogP contribution < -0.4 is 20.9 Å². The van der Waals surface area contributed by atoms with Crippen molar-refractivity contribution < 1.29 is 28.1 Å². The van der Waals surface area contributed by atoms with Crippen LogP contribution in [0, 0.1) is 11.7 Å². The minimum absolute atomic E-state index is 0.138. The topological polar surface area (TPSA) is 108 Å². The van der Waals surface area contributed by atoms with E-state index in [-0.39, 0.29) is 41.6 Å². The van der Waals surface area contributed by atoms with E-state index < -0.39 is 42.1 Å². The number of fused-ring (bicyclic) bond motifs is 1. The summed E-state index contributed by atoms with van der Waals surface area (Å²) in [5.41, 5.74) is -2.00. The van der Waals surface area contributed by atoms with E-state index in [1.807, 2.05) is 0 Å². The van der Waals surface area contributed by atoms with Crippen LogP contribution in [0.1, 0.15) is 31.7 Å². The van der Waals surface area contributed by atoms with Gasteiger partial charge in [-0.25, -0.2) is 9.18 Å². The van der Waals surface area contributed by atoms with Crippen LogP contribution in [0.15, 0.2) is 15.7 Å². The Labute approximate surface area is 168 Å². The van der Waals surface area contributed by atoms with Gasteiger partial charge >= 0.3 is 12.3 Å². The number of halogens is 3. The standard InChI is InChI=1S/C19H22F3N3O5/c20-12-7-11-14(25(10-1-2-10)19(29)23-17(11)28)16(30-18(21)22)15(12)24-5-3-9(4-6-24)13(27)8-26/h7,9-10,13,18,26-27H,1-6,8H2,(H,23,28,29). The van der Waals surface area contributed by atoms with Crippen molar-refractivity contribution in [3.05, 3.63) is 32.7 Å². The van der Waals surface area contributed by atoms with Crippen LogP contribution in [0.3, 0.4) is 0 Å². The Morgan fingerprint density at radius 3 is 2.43 bits per heavy atom. The number of benzene rings is 1. The number of aromatic amines is 1. The van der Waals surface area contributed by atoms with Gasteiger partial charge in [-0.1, -0.05) is 0 Å². The van der Waals surface area contributed by atoms with Crippen LogP contribution in [0.25, 0.3) is 10.9 Å². The maximum absolute atomic E-state index is 15.1. The number of piperidine rings is 1. The minimum atomic E-state index is -3.29. The zero-order valence-electron chi connectivity index (χ0n) is 16.0. The van der Waals surface area contributed by atoms with Crippen LogP contribution in [-0.2, 0) is 0 Å². The highest BCUT2D eigenvalue weighted by Crippen LogP contribution is 2.43. The summed E-state index contributed by atoms with van der Waals surface area (Å²) < 4.78 is 47.6. The van der Waals surface area contributed by atoms with Gasteiger partial charge in [-0.3, -0.25) is 14.3 Å². The van der Waals surface area contributed by atoms with Crippen molar-refractivity contribution in [2.45, 2.75) is 44.4 Å². The van der Waals surface area contributed by atoms with Crippen LogP contribution in [0.4, 0.5) is 18.9 Å². The number of nitrogens with one attached hydrogen (secondary N) is 1. The zero-order valence-corrected chi connectivity index (χ0v) is 16.0. The fourth-order valence-corrected chi connectivity index (χ4v) is 4.18. The molecule has 0 radical (unpaired) electrons. The molecule has 8 nitrogen and oxygen atoms in total. The highest BCUT2D eigenvalue weighted by Gasteiger charge is 2.34. The average molecular weight is 429 g/mol. The SMILES string of the molecule is O=c1[nH]c(=O)n(C2CC2)c2c(OC(F)F)c(N3CCC(C(O)CO)CC3)c(F)cc12. The van der Waals surface area contributed by atoms with Crippen LogP contribution in [0.5, 0.6) is 5.75 Å². The Hall–Kier alpha value is -2.53. The lowest BCUT2D eigenvalue weighted by molar-refractivity contribution is -0.0489. The molecule has 0 spiro atoms. The molecular weight excluding hydrogens is 407 g/mol. The molecule has 1 aromatic heterocycles. The van der Waals surface area contributed by atoms with Crippen molar-refractivity contribution in [1.82, 2.24) is 9.55 Å². The number of nitrogens with zero attached hydrogens (tertiary/aromatic N) is 2. The largest absolute Gasteiger partial charge is 0.430 e. The molecule has 2 heterocycles. The third-order valence-corrected chi connectivity index (χ3v) is 5.81. The van der Waals surface area contributed by atoms with Crippen LogP contribution in [-0.4, -0.2) is 52.2 Å². The quantitative estimate of drug-likeness (QED) is 0.640. The summed E-state index contributed by atoms with van der Waals surface area (Å²) in [5, 5.41) is 18.7. The summed E-state index contributed by atoms with van der Waals surface area (Å²) in [6.45, 7) is -3.24. The molecule has 1 atom stereocenters. The van der Waals surface area contributed by atoms with Gasteiger partial charge in [0, 0.05) is 19.1 Å². The van der Waals surface area contributed by atoms with Gasteiger partial charge in [0.05, 0.1) is 18.1 Å². The van der Waals surface area contributed by atoms with E-state index in [0.29, 0.717) is 25.7 Å². The normalized spacial score (nSPS) is 18.9. The summed E-state index contributed by atoms with van der Waals surface area (Å²) in [5.74, 6) is -1.65. The van der Waals surface area contributed by atoms with E-state index in [9.17, 15) is 23.5 Å². The number of alkyl halides is 2. The van der Waals surface area contributed by atoms with E-state index in [2.05, 4.69) is 4.98 Å². The first-order chi connectivity index (χ1) is 14.3. The lowest BCUT2D eigenvalue weighted by Gasteiger charge is -2.36. The third kappa shape index (κ3) is 3.67. The summed E-state index contributed by atoms with van der Waals surface area (Å²) >= 11 is 0. The van der Waals surface area contributed by atoms with Crippen molar-refractivity contribution >= 4 is 16.6 Å². The summed E-state index contributed by atoms with van der Waals surface area (Å²) in [7, 11) is 0. The molecule has 3 N–H and O–H groups in total. The average Bonchev–Trinajstić information content (AvgIpc) is 3.53. The molecule has 1 unspecified atom stereocenters. The smallest absolute Gasteiger partial charge is 0.387 e. The molecule has 11 heteroatoms. The molecule has 2 aliphatic rings. The number of anilines is 1. The number of ether oxygens (including phenoxy) is 1. The second-order valence-corrected chi connectivity index (χ2v) is 7.75. The molecule has 1 saturated carbocycles. The van der Waals surface area contributed by atoms with Crippen molar-refractivity contribution in [2.24, 2.45) is 5.92 Å². The molecule has 2 aromatic rings. The molecule has 1 aliphatic heterocycles. The van der Waals surface area contributed by atoms with Gasteiger partial charge in [0.2, 0.25) is 0 Å². The van der Waals surface area contributed by atoms with E-state index in [0.717, 1.165) is 6.07 Å². The van der Waals surface area contributed by atoms with E-state index in [1.54, 1.807) is 0 Å². The number of aliphatic hydroxyl groups is 2. The third-order valence-electron chi connectivity index (χ3n) is 5.81. The van der Waals surface area contributed by atoms with E-state index in [1.165, 1.54) is 9.47 Å². The van der Waals surface area contributed by atoms with Gasteiger partial charge in [-0.15, -0.1) is 0 Å². The fourth-order valence-electron chi connectivity index (χ4n) is 4.18. The van der Waals surface area contributed by atoms with Crippen molar-refractivity contribution in [3.8, 4) is 5.75 Å². The Kier molecular flexibility index (Phi) is 5.49. The molecule has 4 rings (SSSR count). The Balaban J connectivity index is 1.87.